The van der Waals surface area contributed by atoms with Crippen LogP contribution in [0.4, 0.5) is 0 Å². The average Bonchev–Trinajstić information content (AvgIpc) is 2.32. The van der Waals surface area contributed by atoms with Crippen LogP contribution in [0.25, 0.3) is 0 Å². The summed E-state index contributed by atoms with van der Waals surface area (Å²) in [5.74, 6) is 2.58. The lowest BCUT2D eigenvalue weighted by atomic mass is 9.99. The molecule has 0 N–H and O–H groups in total. The highest BCUT2D eigenvalue weighted by atomic mass is 32.2. The largest absolute Gasteiger partial charge is 0.293 e. The van der Waals surface area contributed by atoms with Gasteiger partial charge in [0, 0.05) is 22.3 Å². The Bertz CT molecular complexity index is 428. The van der Waals surface area contributed by atoms with Crippen molar-refractivity contribution in [3.8, 4) is 0 Å². The molecule has 0 aliphatic carbocycles. The predicted octanol–water partition coefficient (Wildman–Crippen LogP) is 3.72. The number of hydrogen-bond donors (Lipinski definition) is 0. The Hall–Kier alpha value is -0.410. The van der Waals surface area contributed by atoms with Crippen LogP contribution in [0.3, 0.4) is 0 Å². The minimum absolute atomic E-state index is 0.134. The summed E-state index contributed by atoms with van der Waals surface area (Å²) in [6, 6.07) is 6.15. The number of rotatable bonds is 2. The molecular formula is C14H18OS2. The maximum absolute atomic E-state index is 12.5. The molecule has 1 heterocycles. The van der Waals surface area contributed by atoms with Crippen LogP contribution in [-0.4, -0.2) is 27.8 Å². The van der Waals surface area contributed by atoms with Crippen molar-refractivity contribution in [2.24, 2.45) is 0 Å². The predicted molar refractivity (Wildman–Crippen MR) is 78.4 cm³/mol. The molecule has 17 heavy (non-hydrogen) atoms. The Labute approximate surface area is 112 Å². The number of Topliss-reactive ketones (excluding diaryl/α,β-unsaturated/α-hetero) is 1. The van der Waals surface area contributed by atoms with Crippen molar-refractivity contribution in [1.29, 1.82) is 0 Å². The number of carbonyl (C=O) groups is 1. The standard InChI is InChI=1S/C14H18OS2/c1-9-4-5-10(2)12(8-9)13(15)14-11(3)16-6-7-17-14/h4-5,8,11,14H,6-7H2,1-3H3. The molecule has 0 radical (unpaired) electrons. The zero-order valence-corrected chi connectivity index (χ0v) is 12.2. The Morgan fingerprint density at radius 2 is 1.94 bits per heavy atom. The van der Waals surface area contributed by atoms with Gasteiger partial charge in [-0.1, -0.05) is 24.6 Å². The first kappa shape index (κ1) is 13.0. The molecule has 1 nitrogen and oxygen atoms in total. The summed E-state index contributed by atoms with van der Waals surface area (Å²) < 4.78 is 0. The van der Waals surface area contributed by atoms with E-state index < -0.39 is 0 Å². The number of thioether (sulfide) groups is 2. The SMILES string of the molecule is Cc1ccc(C)c(C(=O)C2SCCSC2C)c1. The van der Waals surface area contributed by atoms with Gasteiger partial charge in [0.25, 0.3) is 0 Å². The highest BCUT2D eigenvalue weighted by Gasteiger charge is 2.30. The maximum atomic E-state index is 12.5. The Morgan fingerprint density at radius 1 is 1.24 bits per heavy atom. The van der Waals surface area contributed by atoms with E-state index in [0.29, 0.717) is 11.0 Å². The zero-order valence-electron chi connectivity index (χ0n) is 10.5. The van der Waals surface area contributed by atoms with E-state index in [4.69, 9.17) is 0 Å². The zero-order chi connectivity index (χ0) is 12.4. The van der Waals surface area contributed by atoms with Gasteiger partial charge < -0.3 is 0 Å². The summed E-state index contributed by atoms with van der Waals surface area (Å²) in [5.41, 5.74) is 3.18. The van der Waals surface area contributed by atoms with Gasteiger partial charge in [-0.2, -0.15) is 11.8 Å². The van der Waals surface area contributed by atoms with Gasteiger partial charge in [0.15, 0.2) is 5.78 Å². The molecule has 2 rings (SSSR count). The smallest absolute Gasteiger partial charge is 0.177 e. The van der Waals surface area contributed by atoms with Crippen LogP contribution < -0.4 is 0 Å². The molecule has 0 bridgehead atoms. The third-order valence-corrected chi connectivity index (χ3v) is 6.19. The summed E-state index contributed by atoms with van der Waals surface area (Å²) in [6.07, 6.45) is 0. The van der Waals surface area contributed by atoms with Gasteiger partial charge in [0.1, 0.15) is 0 Å². The van der Waals surface area contributed by atoms with Crippen LogP contribution >= 0.6 is 23.5 Å². The molecule has 1 aromatic carbocycles. The highest BCUT2D eigenvalue weighted by Crippen LogP contribution is 2.33. The maximum Gasteiger partial charge on any atom is 0.177 e. The van der Waals surface area contributed by atoms with Crippen molar-refractivity contribution in [1.82, 2.24) is 0 Å². The van der Waals surface area contributed by atoms with Crippen molar-refractivity contribution in [2.75, 3.05) is 11.5 Å². The molecule has 0 aromatic heterocycles. The number of ketones is 1. The van der Waals surface area contributed by atoms with Crippen LogP contribution in [0.1, 0.15) is 28.4 Å². The van der Waals surface area contributed by atoms with Crippen LogP contribution in [0.5, 0.6) is 0 Å². The van der Waals surface area contributed by atoms with E-state index in [9.17, 15) is 4.79 Å². The summed E-state index contributed by atoms with van der Waals surface area (Å²) in [6.45, 7) is 6.24. The van der Waals surface area contributed by atoms with Crippen molar-refractivity contribution in [2.45, 2.75) is 31.3 Å². The van der Waals surface area contributed by atoms with Crippen molar-refractivity contribution in [3.63, 3.8) is 0 Å². The fraction of sp³-hybridized carbons (Fsp3) is 0.500. The van der Waals surface area contributed by atoms with Gasteiger partial charge in [0.05, 0.1) is 5.25 Å². The molecule has 1 aliphatic heterocycles. The van der Waals surface area contributed by atoms with Gasteiger partial charge in [0.2, 0.25) is 0 Å². The number of hydrogen-bond acceptors (Lipinski definition) is 3. The number of aryl methyl sites for hydroxylation is 2. The molecule has 1 aromatic rings. The highest BCUT2D eigenvalue weighted by molar-refractivity contribution is 8.07. The first-order valence-corrected chi connectivity index (χ1v) is 8.04. The Balaban J connectivity index is 2.26. The number of carbonyl (C=O) groups excluding carboxylic acids is 1. The van der Waals surface area contributed by atoms with E-state index in [1.54, 1.807) is 0 Å². The van der Waals surface area contributed by atoms with Gasteiger partial charge in [-0.05, 0) is 25.5 Å². The molecule has 0 spiro atoms. The molecule has 1 saturated heterocycles. The monoisotopic (exact) mass is 266 g/mol. The molecule has 1 fully saturated rings. The van der Waals surface area contributed by atoms with E-state index in [1.165, 1.54) is 11.3 Å². The Kier molecular flexibility index (Phi) is 4.21. The summed E-state index contributed by atoms with van der Waals surface area (Å²) in [4.78, 5) is 12.5. The minimum Gasteiger partial charge on any atom is -0.293 e. The van der Waals surface area contributed by atoms with Crippen molar-refractivity contribution < 1.29 is 4.79 Å². The van der Waals surface area contributed by atoms with E-state index in [-0.39, 0.29) is 5.25 Å². The summed E-state index contributed by atoms with van der Waals surface area (Å²) in [5, 5.41) is 0.565. The van der Waals surface area contributed by atoms with Gasteiger partial charge >= 0.3 is 0 Å². The van der Waals surface area contributed by atoms with Gasteiger partial charge in [-0.15, -0.1) is 11.8 Å². The molecule has 0 amide bonds. The molecule has 2 unspecified atom stereocenters. The fourth-order valence-corrected chi connectivity index (χ4v) is 4.79. The molecule has 3 heteroatoms. The topological polar surface area (TPSA) is 17.1 Å². The lowest BCUT2D eigenvalue weighted by Gasteiger charge is -2.27. The van der Waals surface area contributed by atoms with Gasteiger partial charge in [-0.3, -0.25) is 4.79 Å². The third-order valence-electron chi connectivity index (χ3n) is 3.10. The Morgan fingerprint density at radius 3 is 2.65 bits per heavy atom. The normalized spacial score (nSPS) is 24.6. The second-order valence-corrected chi connectivity index (χ2v) is 7.28. The molecule has 92 valence electrons. The van der Waals surface area contributed by atoms with Crippen LogP contribution in [0.15, 0.2) is 18.2 Å². The molecule has 0 saturated carbocycles. The summed E-state index contributed by atoms with van der Waals surface area (Å²) in [7, 11) is 0. The molecule has 1 aliphatic rings. The summed E-state index contributed by atoms with van der Waals surface area (Å²) >= 11 is 3.74. The van der Waals surface area contributed by atoms with E-state index in [1.807, 2.05) is 49.5 Å². The second-order valence-electron chi connectivity index (χ2n) is 4.55. The lowest BCUT2D eigenvalue weighted by molar-refractivity contribution is 0.0989. The lowest BCUT2D eigenvalue weighted by Crippen LogP contribution is -2.31. The van der Waals surface area contributed by atoms with Crippen LogP contribution in [-0.2, 0) is 0 Å². The van der Waals surface area contributed by atoms with Crippen molar-refractivity contribution >= 4 is 29.3 Å². The van der Waals surface area contributed by atoms with E-state index in [2.05, 4.69) is 13.0 Å². The van der Waals surface area contributed by atoms with E-state index >= 15 is 0 Å². The average molecular weight is 266 g/mol. The second kappa shape index (κ2) is 5.49. The fourth-order valence-electron chi connectivity index (χ4n) is 2.08. The van der Waals surface area contributed by atoms with Crippen LogP contribution in [0.2, 0.25) is 0 Å². The van der Waals surface area contributed by atoms with Crippen LogP contribution in [0, 0.1) is 13.8 Å². The number of benzene rings is 1. The van der Waals surface area contributed by atoms with Gasteiger partial charge in [-0.25, -0.2) is 0 Å². The first-order chi connectivity index (χ1) is 8.09. The molecule has 2 atom stereocenters. The quantitative estimate of drug-likeness (QED) is 0.759. The van der Waals surface area contributed by atoms with E-state index in [0.717, 1.165) is 16.9 Å². The first-order valence-electron chi connectivity index (χ1n) is 5.94. The minimum atomic E-state index is 0.134. The van der Waals surface area contributed by atoms with Crippen molar-refractivity contribution in [3.05, 3.63) is 34.9 Å². The molecular weight excluding hydrogens is 248 g/mol. The third kappa shape index (κ3) is 2.89.